The van der Waals surface area contributed by atoms with Gasteiger partial charge in [0, 0.05) is 0 Å². The smallest absolute Gasteiger partial charge is 0.238 e. The number of carbonyl (C=O) groups is 2. The lowest BCUT2D eigenvalue weighted by Crippen LogP contribution is -2.29. The molecule has 0 unspecified atom stereocenters. The summed E-state index contributed by atoms with van der Waals surface area (Å²) >= 11 is 3.23. The van der Waals surface area contributed by atoms with Crippen molar-refractivity contribution in [2.45, 2.75) is 24.6 Å². The molecule has 0 saturated carbocycles. The van der Waals surface area contributed by atoms with Gasteiger partial charge < -0.3 is 11.5 Å². The van der Waals surface area contributed by atoms with Crippen molar-refractivity contribution in [1.82, 2.24) is 19.6 Å². The van der Waals surface area contributed by atoms with Crippen LogP contribution in [0, 0.1) is 13.8 Å². The van der Waals surface area contributed by atoms with Crippen LogP contribution >= 0.6 is 23.5 Å². The Hall–Kier alpha value is -5.46. The van der Waals surface area contributed by atoms with Crippen LogP contribution in [-0.4, -0.2) is 42.9 Å². The van der Waals surface area contributed by atoms with Crippen LogP contribution in [0.3, 0.4) is 0 Å². The van der Waals surface area contributed by atoms with Crippen molar-refractivity contribution in [2.75, 3.05) is 32.8 Å². The lowest BCUT2D eigenvalue weighted by Gasteiger charge is -2.24. The number of aromatic nitrogens is 4. The molecule has 2 fully saturated rings. The van der Waals surface area contributed by atoms with Gasteiger partial charge in [0.15, 0.2) is 11.6 Å². The number of anilines is 4. The fourth-order valence-corrected chi connectivity index (χ4v) is 8.58. The van der Waals surface area contributed by atoms with Gasteiger partial charge in [0.2, 0.25) is 11.8 Å². The molecule has 8 rings (SSSR count). The number of rotatable bonds is 6. The van der Waals surface area contributed by atoms with Gasteiger partial charge in [-0.15, -0.1) is 23.5 Å². The van der Waals surface area contributed by atoms with Crippen molar-refractivity contribution in [3.05, 3.63) is 144 Å². The van der Waals surface area contributed by atoms with E-state index in [1.165, 1.54) is 0 Å². The molecule has 2 aliphatic rings. The zero-order valence-corrected chi connectivity index (χ0v) is 29.2. The van der Waals surface area contributed by atoms with Crippen LogP contribution in [0.4, 0.5) is 23.0 Å². The highest BCUT2D eigenvalue weighted by atomic mass is 32.2. The van der Waals surface area contributed by atoms with Crippen LogP contribution in [0.25, 0.3) is 11.4 Å². The van der Waals surface area contributed by atoms with Crippen LogP contribution in [0.2, 0.25) is 0 Å². The maximum absolute atomic E-state index is 12.6. The minimum atomic E-state index is -0.0804. The van der Waals surface area contributed by atoms with Gasteiger partial charge >= 0.3 is 0 Å². The molecule has 252 valence electrons. The van der Waals surface area contributed by atoms with Gasteiger partial charge in [-0.2, -0.15) is 10.2 Å². The molecule has 2 atom stereocenters. The van der Waals surface area contributed by atoms with Gasteiger partial charge in [-0.25, -0.2) is 9.36 Å². The van der Waals surface area contributed by atoms with E-state index in [-0.39, 0.29) is 22.6 Å². The maximum Gasteiger partial charge on any atom is 0.238 e. The van der Waals surface area contributed by atoms with E-state index in [1.54, 1.807) is 42.7 Å². The first kappa shape index (κ1) is 33.1. The zero-order chi connectivity index (χ0) is 34.8. The molecular formula is C38H36N8O2S2. The minimum absolute atomic E-state index is 0.0567. The third-order valence-corrected chi connectivity index (χ3v) is 10.9. The summed E-state index contributed by atoms with van der Waals surface area (Å²) < 4.78 is 3.39. The number of thioether (sulfide) groups is 2. The van der Waals surface area contributed by atoms with Gasteiger partial charge in [0.05, 0.1) is 34.3 Å². The molecule has 4 N–H and O–H groups in total. The largest absolute Gasteiger partial charge is 0.382 e. The summed E-state index contributed by atoms with van der Waals surface area (Å²) in [6.07, 6.45) is 0. The third-order valence-electron chi connectivity index (χ3n) is 8.52. The van der Waals surface area contributed by atoms with E-state index in [4.69, 9.17) is 11.5 Å². The van der Waals surface area contributed by atoms with Crippen molar-refractivity contribution in [2.24, 2.45) is 0 Å². The Morgan fingerprint density at radius 2 is 0.860 bits per heavy atom. The molecule has 2 amide bonds. The zero-order valence-electron chi connectivity index (χ0n) is 27.6. The molecule has 4 aromatic carbocycles. The summed E-state index contributed by atoms with van der Waals surface area (Å²) in [5.41, 5.74) is 19.7. The molecular weight excluding hydrogens is 665 g/mol. The molecule has 2 aliphatic heterocycles. The summed E-state index contributed by atoms with van der Waals surface area (Å²) in [7, 11) is 0. The number of amides is 2. The second-order valence-electron chi connectivity index (χ2n) is 11.8. The lowest BCUT2D eigenvalue weighted by atomic mass is 10.2. The minimum Gasteiger partial charge on any atom is -0.382 e. The average molecular weight is 701 g/mol. The molecule has 0 spiro atoms. The number of carbonyl (C=O) groups excluding carboxylic acids is 2. The highest BCUT2D eigenvalue weighted by molar-refractivity contribution is 8.01. The summed E-state index contributed by atoms with van der Waals surface area (Å²) in [4.78, 5) is 28.8. The number of nitrogens with zero attached hydrogens (tertiary/aromatic N) is 6. The van der Waals surface area contributed by atoms with Crippen molar-refractivity contribution in [3.63, 3.8) is 0 Å². The Bertz CT molecular complexity index is 1970. The van der Waals surface area contributed by atoms with Gasteiger partial charge in [-0.1, -0.05) is 97.1 Å². The highest BCUT2D eigenvalue weighted by Crippen LogP contribution is 2.46. The first-order chi connectivity index (χ1) is 24.3. The fraction of sp³-hybridized carbons (Fsp3) is 0.158. The second kappa shape index (κ2) is 14.2. The number of benzene rings is 4. The van der Waals surface area contributed by atoms with Crippen LogP contribution in [0.5, 0.6) is 0 Å². The predicted octanol–water partition coefficient (Wildman–Crippen LogP) is 7.08. The molecule has 2 saturated heterocycles. The first-order valence-corrected chi connectivity index (χ1v) is 18.2. The van der Waals surface area contributed by atoms with E-state index in [1.807, 2.05) is 135 Å². The number of nitrogen functional groups attached to an aromatic ring is 2. The van der Waals surface area contributed by atoms with E-state index in [2.05, 4.69) is 10.2 Å². The Morgan fingerprint density at radius 3 is 1.20 bits per heavy atom. The van der Waals surface area contributed by atoms with Crippen LogP contribution < -0.4 is 21.3 Å². The normalized spacial score (nSPS) is 17.2. The van der Waals surface area contributed by atoms with Gasteiger partial charge in [-0.05, 0) is 49.2 Å². The Morgan fingerprint density at radius 1 is 0.540 bits per heavy atom. The van der Waals surface area contributed by atoms with E-state index < -0.39 is 0 Å². The number of nitrogens with two attached hydrogens (primary N) is 2. The van der Waals surface area contributed by atoms with Crippen molar-refractivity contribution >= 4 is 58.3 Å². The van der Waals surface area contributed by atoms with Crippen molar-refractivity contribution in [1.29, 1.82) is 0 Å². The van der Waals surface area contributed by atoms with Crippen molar-refractivity contribution in [3.8, 4) is 11.4 Å². The highest BCUT2D eigenvalue weighted by Gasteiger charge is 2.39. The van der Waals surface area contributed by atoms with E-state index in [9.17, 15) is 9.59 Å². The fourth-order valence-electron chi connectivity index (χ4n) is 6.26. The molecule has 10 nitrogen and oxygen atoms in total. The SMILES string of the molecule is Cc1nn(-c2ccccc2)c(N)c1N1C(=O)CS[C@@H]1c1ccccc1.Cc1nn(-c2ccccc2)c(N)c1N1C(=O)CS[C@H]1c1ccccc1. The summed E-state index contributed by atoms with van der Waals surface area (Å²) in [6, 6.07) is 39.5. The van der Waals surface area contributed by atoms with Gasteiger partial charge in [0.1, 0.15) is 22.1 Å². The van der Waals surface area contributed by atoms with Crippen molar-refractivity contribution < 1.29 is 9.59 Å². The topological polar surface area (TPSA) is 128 Å². The van der Waals surface area contributed by atoms with E-state index in [0.717, 1.165) is 33.9 Å². The van der Waals surface area contributed by atoms with E-state index in [0.29, 0.717) is 34.5 Å². The Kier molecular flexibility index (Phi) is 9.38. The standard InChI is InChI=1S/2C19H18N4OS/c2*1-13-17(18(20)23(21-13)15-10-6-3-7-11-15)22-16(24)12-25-19(22)14-8-4-2-5-9-14/h2*2-11,19H,12,20H2,1H3/t2*19-/m10/s1. The molecule has 50 heavy (non-hydrogen) atoms. The molecule has 6 aromatic rings. The van der Waals surface area contributed by atoms with Gasteiger partial charge in [0.25, 0.3) is 0 Å². The monoisotopic (exact) mass is 700 g/mol. The summed E-state index contributed by atoms with van der Waals surface area (Å²) in [5.74, 6) is 1.97. The Balaban J connectivity index is 0.000000157. The molecule has 0 radical (unpaired) electrons. The summed E-state index contributed by atoms with van der Waals surface area (Å²) in [6.45, 7) is 3.78. The number of aryl methyl sites for hydroxylation is 2. The lowest BCUT2D eigenvalue weighted by molar-refractivity contribution is -0.116. The number of hydrogen-bond donors (Lipinski definition) is 2. The summed E-state index contributed by atoms with van der Waals surface area (Å²) in [5, 5.41) is 8.99. The van der Waals surface area contributed by atoms with E-state index >= 15 is 0 Å². The average Bonchev–Trinajstić information content (AvgIpc) is 3.88. The quantitative estimate of drug-likeness (QED) is 0.189. The molecule has 0 aliphatic carbocycles. The molecule has 2 aromatic heterocycles. The van der Waals surface area contributed by atoms with Crippen LogP contribution in [0.1, 0.15) is 33.3 Å². The predicted molar refractivity (Wildman–Crippen MR) is 204 cm³/mol. The third kappa shape index (κ3) is 6.23. The molecule has 4 heterocycles. The molecule has 0 bridgehead atoms. The van der Waals surface area contributed by atoms with Crippen LogP contribution in [0.15, 0.2) is 121 Å². The second-order valence-corrected chi connectivity index (χ2v) is 13.9. The molecule has 12 heteroatoms. The van der Waals surface area contributed by atoms with Crippen LogP contribution in [-0.2, 0) is 9.59 Å². The number of hydrogen-bond acceptors (Lipinski definition) is 8. The van der Waals surface area contributed by atoms with Gasteiger partial charge in [-0.3, -0.25) is 19.4 Å². The number of para-hydroxylation sites is 2. The maximum atomic E-state index is 12.6. The Labute approximate surface area is 299 Å². The first-order valence-electron chi connectivity index (χ1n) is 16.1.